The van der Waals surface area contributed by atoms with Crippen LogP contribution in [0.25, 0.3) is 0 Å². The van der Waals surface area contributed by atoms with Gasteiger partial charge in [0, 0.05) is 30.8 Å². The molecule has 0 fully saturated rings. The summed E-state index contributed by atoms with van der Waals surface area (Å²) in [5.74, 6) is -0.204. The standard InChI is InChI=1S/C16H16N2O3/c1-2-17(12-13-7-4-3-5-8-13)16(19)14-9-6-10-15(11-14)18(20)21/h3-11H,2,12H2,1H3. The Morgan fingerprint density at radius 3 is 2.48 bits per heavy atom. The van der Waals surface area contributed by atoms with Crippen LogP contribution >= 0.6 is 0 Å². The zero-order valence-electron chi connectivity index (χ0n) is 11.7. The zero-order valence-corrected chi connectivity index (χ0v) is 11.7. The van der Waals surface area contributed by atoms with Crippen LogP contribution in [-0.4, -0.2) is 22.3 Å². The third-order valence-electron chi connectivity index (χ3n) is 3.19. The van der Waals surface area contributed by atoms with Crippen LogP contribution in [0.15, 0.2) is 54.6 Å². The van der Waals surface area contributed by atoms with E-state index in [1.807, 2.05) is 37.3 Å². The number of nitrogens with zero attached hydrogens (tertiary/aromatic N) is 2. The molecule has 0 heterocycles. The van der Waals surface area contributed by atoms with Gasteiger partial charge in [-0.05, 0) is 18.6 Å². The lowest BCUT2D eigenvalue weighted by molar-refractivity contribution is -0.384. The number of amides is 1. The minimum Gasteiger partial charge on any atom is -0.335 e. The quantitative estimate of drug-likeness (QED) is 0.625. The van der Waals surface area contributed by atoms with E-state index in [4.69, 9.17) is 0 Å². The van der Waals surface area contributed by atoms with E-state index >= 15 is 0 Å². The van der Waals surface area contributed by atoms with Crippen LogP contribution < -0.4 is 0 Å². The average Bonchev–Trinajstić information content (AvgIpc) is 2.53. The van der Waals surface area contributed by atoms with Gasteiger partial charge >= 0.3 is 0 Å². The molecule has 1 amide bonds. The number of nitro groups is 1. The van der Waals surface area contributed by atoms with Crippen LogP contribution in [0.5, 0.6) is 0 Å². The molecule has 0 saturated heterocycles. The molecule has 0 N–H and O–H groups in total. The van der Waals surface area contributed by atoms with Crippen molar-refractivity contribution < 1.29 is 9.72 Å². The summed E-state index contributed by atoms with van der Waals surface area (Å²) in [6.07, 6.45) is 0. The van der Waals surface area contributed by atoms with E-state index in [0.29, 0.717) is 18.7 Å². The Bertz CT molecular complexity index is 641. The molecule has 2 rings (SSSR count). The minimum absolute atomic E-state index is 0.0726. The van der Waals surface area contributed by atoms with Gasteiger partial charge in [-0.2, -0.15) is 0 Å². The van der Waals surface area contributed by atoms with Gasteiger partial charge in [-0.25, -0.2) is 0 Å². The Morgan fingerprint density at radius 2 is 1.86 bits per heavy atom. The maximum absolute atomic E-state index is 12.5. The lowest BCUT2D eigenvalue weighted by Gasteiger charge is -2.21. The van der Waals surface area contributed by atoms with Gasteiger partial charge in [0.1, 0.15) is 0 Å². The Kier molecular flexibility index (Phi) is 4.66. The number of benzene rings is 2. The van der Waals surface area contributed by atoms with Crippen LogP contribution in [0.1, 0.15) is 22.8 Å². The maximum Gasteiger partial charge on any atom is 0.270 e. The topological polar surface area (TPSA) is 63.5 Å². The predicted octanol–water partition coefficient (Wildman–Crippen LogP) is 3.26. The molecule has 5 heteroatoms. The van der Waals surface area contributed by atoms with E-state index < -0.39 is 4.92 Å². The molecule has 2 aromatic carbocycles. The second kappa shape index (κ2) is 6.65. The molecule has 0 aromatic heterocycles. The smallest absolute Gasteiger partial charge is 0.270 e. The highest BCUT2D eigenvalue weighted by Crippen LogP contribution is 2.16. The van der Waals surface area contributed by atoms with E-state index in [0.717, 1.165) is 5.56 Å². The van der Waals surface area contributed by atoms with Gasteiger partial charge in [-0.3, -0.25) is 14.9 Å². The van der Waals surface area contributed by atoms with Gasteiger partial charge in [-0.1, -0.05) is 36.4 Å². The molecular formula is C16H16N2O3. The third kappa shape index (κ3) is 3.66. The highest BCUT2D eigenvalue weighted by Gasteiger charge is 2.17. The number of carbonyl (C=O) groups excluding carboxylic acids is 1. The molecule has 0 bridgehead atoms. The lowest BCUT2D eigenvalue weighted by atomic mass is 10.1. The van der Waals surface area contributed by atoms with Crippen LogP contribution in [0.3, 0.4) is 0 Å². The molecule has 0 unspecified atom stereocenters. The maximum atomic E-state index is 12.5. The van der Waals surface area contributed by atoms with Crippen molar-refractivity contribution in [3.63, 3.8) is 0 Å². The second-order valence-electron chi connectivity index (χ2n) is 4.61. The molecule has 2 aromatic rings. The Hall–Kier alpha value is -2.69. The Morgan fingerprint density at radius 1 is 1.14 bits per heavy atom. The molecule has 0 saturated carbocycles. The molecule has 0 aliphatic rings. The molecule has 108 valence electrons. The van der Waals surface area contributed by atoms with E-state index in [1.54, 1.807) is 11.0 Å². The molecule has 0 aliphatic heterocycles. The second-order valence-corrected chi connectivity index (χ2v) is 4.61. The number of hydrogen-bond acceptors (Lipinski definition) is 3. The van der Waals surface area contributed by atoms with Crippen molar-refractivity contribution >= 4 is 11.6 Å². The van der Waals surface area contributed by atoms with Crippen molar-refractivity contribution in [2.45, 2.75) is 13.5 Å². The summed E-state index contributed by atoms with van der Waals surface area (Å²) in [7, 11) is 0. The largest absolute Gasteiger partial charge is 0.335 e. The van der Waals surface area contributed by atoms with Crippen LogP contribution in [0.4, 0.5) is 5.69 Å². The van der Waals surface area contributed by atoms with E-state index in [9.17, 15) is 14.9 Å². The summed E-state index contributed by atoms with van der Waals surface area (Å²) < 4.78 is 0. The fourth-order valence-corrected chi connectivity index (χ4v) is 2.07. The van der Waals surface area contributed by atoms with Gasteiger partial charge in [0.2, 0.25) is 0 Å². The van der Waals surface area contributed by atoms with E-state index in [-0.39, 0.29) is 11.6 Å². The first-order chi connectivity index (χ1) is 10.1. The molecule has 0 radical (unpaired) electrons. The summed E-state index contributed by atoms with van der Waals surface area (Å²) in [6, 6.07) is 15.5. The fourth-order valence-electron chi connectivity index (χ4n) is 2.07. The van der Waals surface area contributed by atoms with Crippen molar-refractivity contribution in [3.8, 4) is 0 Å². The summed E-state index contributed by atoms with van der Waals surface area (Å²) in [5.41, 5.74) is 1.29. The highest BCUT2D eigenvalue weighted by molar-refractivity contribution is 5.94. The van der Waals surface area contributed by atoms with Gasteiger partial charge in [0.15, 0.2) is 0 Å². The summed E-state index contributed by atoms with van der Waals surface area (Å²) in [5, 5.41) is 10.8. The third-order valence-corrected chi connectivity index (χ3v) is 3.19. The van der Waals surface area contributed by atoms with Crippen LogP contribution in [0, 0.1) is 10.1 Å². The summed E-state index contributed by atoms with van der Waals surface area (Å²) in [6.45, 7) is 2.91. The van der Waals surface area contributed by atoms with Gasteiger partial charge < -0.3 is 4.90 Å². The predicted molar refractivity (Wildman–Crippen MR) is 80.0 cm³/mol. The van der Waals surface area contributed by atoms with Gasteiger partial charge in [0.05, 0.1) is 4.92 Å². The van der Waals surface area contributed by atoms with Gasteiger partial charge in [0.25, 0.3) is 11.6 Å². The molecule has 0 atom stereocenters. The van der Waals surface area contributed by atoms with Crippen LogP contribution in [0.2, 0.25) is 0 Å². The van der Waals surface area contributed by atoms with Crippen molar-refractivity contribution in [2.24, 2.45) is 0 Å². The monoisotopic (exact) mass is 284 g/mol. The number of non-ortho nitro benzene ring substituents is 1. The first kappa shape index (κ1) is 14.7. The molecule has 21 heavy (non-hydrogen) atoms. The van der Waals surface area contributed by atoms with E-state index in [1.165, 1.54) is 18.2 Å². The first-order valence-corrected chi connectivity index (χ1v) is 6.69. The highest BCUT2D eigenvalue weighted by atomic mass is 16.6. The average molecular weight is 284 g/mol. The lowest BCUT2D eigenvalue weighted by Crippen LogP contribution is -2.30. The molecule has 5 nitrogen and oxygen atoms in total. The van der Waals surface area contributed by atoms with Gasteiger partial charge in [-0.15, -0.1) is 0 Å². The van der Waals surface area contributed by atoms with Crippen molar-refractivity contribution in [2.75, 3.05) is 6.54 Å². The summed E-state index contributed by atoms with van der Waals surface area (Å²) in [4.78, 5) is 24.4. The number of hydrogen-bond donors (Lipinski definition) is 0. The first-order valence-electron chi connectivity index (χ1n) is 6.69. The Labute approximate surface area is 123 Å². The fraction of sp³-hybridized carbons (Fsp3) is 0.188. The number of nitro benzene ring substituents is 1. The zero-order chi connectivity index (χ0) is 15.2. The van der Waals surface area contributed by atoms with Crippen LogP contribution in [-0.2, 0) is 6.54 Å². The van der Waals surface area contributed by atoms with Crippen molar-refractivity contribution in [1.29, 1.82) is 0 Å². The minimum atomic E-state index is -0.496. The molecular weight excluding hydrogens is 268 g/mol. The number of carbonyl (C=O) groups is 1. The summed E-state index contributed by atoms with van der Waals surface area (Å²) >= 11 is 0. The van der Waals surface area contributed by atoms with Crippen molar-refractivity contribution in [3.05, 3.63) is 75.8 Å². The SMILES string of the molecule is CCN(Cc1ccccc1)C(=O)c1cccc([N+](=O)[O-])c1. The van der Waals surface area contributed by atoms with Crippen molar-refractivity contribution in [1.82, 2.24) is 4.90 Å². The molecule has 0 aliphatic carbocycles. The Balaban J connectivity index is 2.20. The molecule has 0 spiro atoms. The number of rotatable bonds is 5. The van der Waals surface area contributed by atoms with E-state index in [2.05, 4.69) is 0 Å². The normalized spacial score (nSPS) is 10.1.